The molecule has 1 N–H and O–H groups in total. The molecule has 7 heteroatoms. The number of hydrogen-bond acceptors (Lipinski definition) is 5. The number of benzene rings is 1. The van der Waals surface area contributed by atoms with Gasteiger partial charge in [0.1, 0.15) is 11.9 Å². The smallest absolute Gasteiger partial charge is 0.311 e. The van der Waals surface area contributed by atoms with Crippen LogP contribution in [0.1, 0.15) is 30.5 Å². The summed E-state index contributed by atoms with van der Waals surface area (Å²) in [5.74, 6) is 0.935. The number of hydrogen-bond donors (Lipinski definition) is 1. The Morgan fingerprint density at radius 3 is 2.92 bits per heavy atom. The maximum Gasteiger partial charge on any atom is 0.311 e. The fourth-order valence-electron chi connectivity index (χ4n) is 3.82. The zero-order valence-corrected chi connectivity index (χ0v) is 14.7. The van der Waals surface area contributed by atoms with Gasteiger partial charge in [0.05, 0.1) is 0 Å². The molecule has 132 valence electrons. The summed E-state index contributed by atoms with van der Waals surface area (Å²) in [6, 6.07) is 7.42. The molecule has 2 bridgehead atoms. The van der Waals surface area contributed by atoms with E-state index in [-0.39, 0.29) is 23.8 Å². The van der Waals surface area contributed by atoms with E-state index in [1.165, 1.54) is 6.20 Å². The molecule has 4 heterocycles. The number of halogens is 1. The summed E-state index contributed by atoms with van der Waals surface area (Å²) < 4.78 is 11.0. The van der Waals surface area contributed by atoms with Crippen LogP contribution in [0.15, 0.2) is 34.9 Å². The van der Waals surface area contributed by atoms with Crippen LogP contribution in [-0.2, 0) is 0 Å². The molecule has 0 aliphatic carbocycles. The Balaban J connectivity index is 1.42. The number of amides is 1. The van der Waals surface area contributed by atoms with E-state index in [4.69, 9.17) is 20.8 Å². The Hall–Kier alpha value is -2.05. The first-order valence-corrected chi connectivity index (χ1v) is 8.92. The fraction of sp³-hybridized carbons (Fsp3) is 0.444. The number of fused-ring (bicyclic) bond motifs is 3. The number of rotatable bonds is 4. The summed E-state index contributed by atoms with van der Waals surface area (Å²) in [6.45, 7) is 4.41. The van der Waals surface area contributed by atoms with Crippen molar-refractivity contribution in [3.63, 3.8) is 0 Å². The normalized spacial score (nSPS) is 27.9. The van der Waals surface area contributed by atoms with Gasteiger partial charge in [0.15, 0.2) is 0 Å². The predicted molar refractivity (Wildman–Crippen MR) is 93.0 cm³/mol. The van der Waals surface area contributed by atoms with Crippen LogP contribution in [0.25, 0.3) is 0 Å². The van der Waals surface area contributed by atoms with Gasteiger partial charge in [-0.3, -0.25) is 9.69 Å². The molecule has 0 unspecified atom stereocenters. The predicted octanol–water partition coefficient (Wildman–Crippen LogP) is 3.33. The Morgan fingerprint density at radius 1 is 1.40 bits per heavy atom. The Morgan fingerprint density at radius 2 is 2.20 bits per heavy atom. The monoisotopic (exact) mass is 361 g/mol. The third kappa shape index (κ3) is 3.37. The van der Waals surface area contributed by atoms with Crippen LogP contribution in [0.3, 0.4) is 0 Å². The summed E-state index contributed by atoms with van der Waals surface area (Å²) in [7, 11) is 0. The molecule has 3 aliphatic heterocycles. The molecule has 2 aromatic rings. The van der Waals surface area contributed by atoms with Crippen LogP contribution < -0.4 is 10.1 Å². The van der Waals surface area contributed by atoms with Crippen LogP contribution in [-0.4, -0.2) is 41.0 Å². The van der Waals surface area contributed by atoms with Crippen molar-refractivity contribution in [3.05, 3.63) is 41.4 Å². The molecule has 3 aliphatic rings. The Labute approximate surface area is 151 Å². The number of oxazole rings is 1. The molecule has 1 amide bonds. The van der Waals surface area contributed by atoms with Crippen LogP contribution in [0.4, 0.5) is 0 Å². The summed E-state index contributed by atoms with van der Waals surface area (Å²) in [6.07, 6.45) is 3.66. The fourth-order valence-corrected chi connectivity index (χ4v) is 4.00. The minimum absolute atomic E-state index is 0.0145. The lowest BCUT2D eigenvalue weighted by molar-refractivity contribution is 0.0209. The third-order valence-electron chi connectivity index (χ3n) is 5.17. The van der Waals surface area contributed by atoms with E-state index < -0.39 is 0 Å². The molecule has 0 saturated carbocycles. The number of aromatic nitrogens is 1. The summed E-state index contributed by atoms with van der Waals surface area (Å²) in [5, 5.41) is 3.65. The molecule has 3 saturated heterocycles. The lowest BCUT2D eigenvalue weighted by atomic mass is 9.79. The third-order valence-corrected chi connectivity index (χ3v) is 5.40. The molecule has 0 radical (unpaired) electrons. The zero-order chi connectivity index (χ0) is 17.4. The summed E-state index contributed by atoms with van der Waals surface area (Å²) >= 11 is 5.93. The van der Waals surface area contributed by atoms with Gasteiger partial charge in [0.25, 0.3) is 5.89 Å². The molecule has 6 nitrogen and oxygen atoms in total. The van der Waals surface area contributed by atoms with Crippen molar-refractivity contribution in [1.82, 2.24) is 15.2 Å². The zero-order valence-electron chi connectivity index (χ0n) is 13.9. The van der Waals surface area contributed by atoms with Gasteiger partial charge >= 0.3 is 11.9 Å². The second-order valence-corrected chi connectivity index (χ2v) is 7.09. The highest BCUT2D eigenvalue weighted by Gasteiger charge is 2.40. The molecule has 3 fully saturated rings. The number of ether oxygens (including phenoxy) is 1. The first kappa shape index (κ1) is 16.4. The largest absolute Gasteiger partial charge is 0.425 e. The molecule has 2 atom stereocenters. The van der Waals surface area contributed by atoms with E-state index in [2.05, 4.69) is 22.1 Å². The number of nitrogens with zero attached hydrogens (tertiary/aromatic N) is 2. The van der Waals surface area contributed by atoms with Crippen molar-refractivity contribution in [3.8, 4) is 11.7 Å². The summed E-state index contributed by atoms with van der Waals surface area (Å²) in [5.41, 5.74) is 0. The van der Waals surface area contributed by atoms with E-state index in [9.17, 15) is 4.79 Å². The van der Waals surface area contributed by atoms with Crippen molar-refractivity contribution in [2.45, 2.75) is 31.8 Å². The quantitative estimate of drug-likeness (QED) is 0.904. The van der Waals surface area contributed by atoms with E-state index >= 15 is 0 Å². The number of carbonyl (C=O) groups excluding carboxylic acids is 1. The van der Waals surface area contributed by atoms with Crippen molar-refractivity contribution in [2.24, 2.45) is 5.92 Å². The van der Waals surface area contributed by atoms with Crippen LogP contribution in [0.2, 0.25) is 5.02 Å². The maximum atomic E-state index is 12.5. The van der Waals surface area contributed by atoms with Gasteiger partial charge in [-0.2, -0.15) is 0 Å². The number of piperidine rings is 3. The van der Waals surface area contributed by atoms with Gasteiger partial charge in [0, 0.05) is 17.1 Å². The highest BCUT2D eigenvalue weighted by Crippen LogP contribution is 2.32. The van der Waals surface area contributed by atoms with E-state index in [0.29, 0.717) is 22.7 Å². The average Bonchev–Trinajstić information content (AvgIpc) is 3.07. The van der Waals surface area contributed by atoms with E-state index in [1.54, 1.807) is 24.3 Å². The standard InChI is InChI=1S/C18H20ClN3O3/c1-11-16(12-5-7-22(11)8-6-12)21-17(23)18-20-10-15(25-18)24-14-4-2-3-13(19)9-14/h2-4,9-12,16H,5-8H2,1H3,(H,21,23)/t11-,16-/m0/s1. The van der Waals surface area contributed by atoms with Crippen molar-refractivity contribution in [2.75, 3.05) is 13.1 Å². The Kier molecular flexibility index (Phi) is 4.39. The lowest BCUT2D eigenvalue weighted by Crippen LogP contribution is -2.62. The molecule has 5 rings (SSSR count). The average molecular weight is 362 g/mol. The van der Waals surface area contributed by atoms with Gasteiger partial charge in [-0.1, -0.05) is 17.7 Å². The highest BCUT2D eigenvalue weighted by molar-refractivity contribution is 6.30. The van der Waals surface area contributed by atoms with Crippen LogP contribution in [0, 0.1) is 5.92 Å². The number of nitrogens with one attached hydrogen (secondary N) is 1. The second-order valence-electron chi connectivity index (χ2n) is 6.66. The van der Waals surface area contributed by atoms with E-state index in [1.807, 2.05) is 0 Å². The first-order valence-electron chi connectivity index (χ1n) is 8.54. The van der Waals surface area contributed by atoms with Crippen LogP contribution in [0.5, 0.6) is 11.7 Å². The Bertz CT molecular complexity index is 768. The first-order chi connectivity index (χ1) is 12.1. The lowest BCUT2D eigenvalue weighted by Gasteiger charge is -2.49. The molecular weight excluding hydrogens is 342 g/mol. The van der Waals surface area contributed by atoms with Crippen molar-refractivity contribution >= 4 is 17.5 Å². The summed E-state index contributed by atoms with van der Waals surface area (Å²) in [4.78, 5) is 19.0. The molecule has 1 aromatic carbocycles. The minimum Gasteiger partial charge on any atom is -0.425 e. The molecule has 25 heavy (non-hydrogen) atoms. The van der Waals surface area contributed by atoms with Gasteiger partial charge in [0.2, 0.25) is 0 Å². The van der Waals surface area contributed by atoms with E-state index in [0.717, 1.165) is 25.9 Å². The van der Waals surface area contributed by atoms with Crippen molar-refractivity contribution in [1.29, 1.82) is 0 Å². The topological polar surface area (TPSA) is 67.6 Å². The maximum absolute atomic E-state index is 12.5. The minimum atomic E-state index is -0.299. The van der Waals surface area contributed by atoms with Gasteiger partial charge in [-0.15, -0.1) is 0 Å². The molecule has 1 aromatic heterocycles. The van der Waals surface area contributed by atoms with Crippen LogP contribution >= 0.6 is 11.6 Å². The molecule has 0 spiro atoms. The highest BCUT2D eigenvalue weighted by atomic mass is 35.5. The molecular formula is C18H20ClN3O3. The van der Waals surface area contributed by atoms with Gasteiger partial charge < -0.3 is 14.5 Å². The second kappa shape index (κ2) is 6.69. The number of carbonyl (C=O) groups is 1. The van der Waals surface area contributed by atoms with Gasteiger partial charge in [-0.25, -0.2) is 4.98 Å². The SMILES string of the molecule is C[C@H]1[C@H](NC(=O)c2ncc(Oc3cccc(Cl)c3)o2)C2CCN1CC2. The van der Waals surface area contributed by atoms with Crippen molar-refractivity contribution < 1.29 is 13.9 Å². The van der Waals surface area contributed by atoms with Gasteiger partial charge in [-0.05, 0) is 57.0 Å².